The van der Waals surface area contributed by atoms with Crippen molar-refractivity contribution in [3.05, 3.63) is 94.3 Å². The number of thiocarbonyl (C=S) groups is 1. The highest BCUT2D eigenvalue weighted by molar-refractivity contribution is 7.78. The third kappa shape index (κ3) is 5.10. The van der Waals surface area contributed by atoms with E-state index in [0.717, 1.165) is 0 Å². The van der Waals surface area contributed by atoms with E-state index in [0.29, 0.717) is 33.2 Å². The quantitative estimate of drug-likeness (QED) is 0.396. The lowest BCUT2D eigenvalue weighted by Gasteiger charge is -2.23. The maximum atomic E-state index is 14.5. The number of carbonyl (C=O) groups is 2. The Morgan fingerprint density at radius 3 is 2.65 bits per heavy atom. The Morgan fingerprint density at radius 1 is 1.15 bits per heavy atom. The molecule has 0 unspecified atom stereocenters. The fourth-order valence-electron chi connectivity index (χ4n) is 3.64. The first-order chi connectivity index (χ1) is 16.5. The highest BCUT2D eigenvalue weighted by Crippen LogP contribution is 2.30. The van der Waals surface area contributed by atoms with Gasteiger partial charge in [-0.15, -0.1) is 0 Å². The van der Waals surface area contributed by atoms with Crippen molar-refractivity contribution >= 4 is 57.9 Å². The molecule has 4 rings (SSSR count). The molecule has 0 atom stereocenters. The van der Waals surface area contributed by atoms with E-state index >= 15 is 0 Å². The van der Waals surface area contributed by atoms with Gasteiger partial charge >= 0.3 is 0 Å². The second-order valence-electron chi connectivity index (χ2n) is 7.36. The van der Waals surface area contributed by atoms with Crippen LogP contribution >= 0.6 is 23.8 Å². The van der Waals surface area contributed by atoms with Crippen LogP contribution in [0.2, 0.25) is 5.02 Å². The lowest BCUT2D eigenvalue weighted by atomic mass is 9.99. The van der Waals surface area contributed by atoms with Gasteiger partial charge in [-0.1, -0.05) is 23.7 Å². The van der Waals surface area contributed by atoms with Crippen molar-refractivity contribution in [2.75, 3.05) is 24.5 Å². The van der Waals surface area contributed by atoms with Crippen LogP contribution in [-0.4, -0.2) is 42.3 Å². The van der Waals surface area contributed by atoms with E-state index in [1.807, 2.05) is 0 Å². The molecular weight excluding hydrogens is 475 g/mol. The second kappa shape index (κ2) is 10.5. The number of rotatable bonds is 6. The SMILES string of the molecule is O=C(NCCN1C(=O)CN=C(c2ccccc2F)c2cc(Cl)ccc21)c1ccc(N=C=S)cc1. The van der Waals surface area contributed by atoms with Crippen LogP contribution in [0, 0.1) is 5.82 Å². The van der Waals surface area contributed by atoms with Crippen molar-refractivity contribution in [3.8, 4) is 0 Å². The van der Waals surface area contributed by atoms with Gasteiger partial charge in [0, 0.05) is 34.8 Å². The number of fused-ring (bicyclic) bond motifs is 1. The van der Waals surface area contributed by atoms with E-state index in [4.69, 9.17) is 11.6 Å². The Morgan fingerprint density at radius 2 is 1.91 bits per heavy atom. The molecule has 0 fully saturated rings. The van der Waals surface area contributed by atoms with Crippen molar-refractivity contribution in [2.45, 2.75) is 0 Å². The Kier molecular flexibility index (Phi) is 7.23. The topological polar surface area (TPSA) is 74.1 Å². The minimum absolute atomic E-state index is 0.161. The van der Waals surface area contributed by atoms with E-state index in [1.54, 1.807) is 60.7 Å². The highest BCUT2D eigenvalue weighted by Gasteiger charge is 2.26. The Balaban J connectivity index is 1.54. The number of hydrogen-bond acceptors (Lipinski definition) is 5. The molecule has 34 heavy (non-hydrogen) atoms. The minimum Gasteiger partial charge on any atom is -0.350 e. The van der Waals surface area contributed by atoms with Crippen LogP contribution in [0.15, 0.2) is 76.7 Å². The molecule has 9 heteroatoms. The van der Waals surface area contributed by atoms with Crippen LogP contribution in [0.1, 0.15) is 21.5 Å². The van der Waals surface area contributed by atoms with Gasteiger partial charge in [0.2, 0.25) is 5.91 Å². The Labute approximate surface area is 205 Å². The molecule has 3 aromatic carbocycles. The molecule has 1 aliphatic rings. The summed E-state index contributed by atoms with van der Waals surface area (Å²) in [5.41, 5.74) is 2.78. The number of nitrogens with one attached hydrogen (secondary N) is 1. The predicted molar refractivity (Wildman–Crippen MR) is 134 cm³/mol. The smallest absolute Gasteiger partial charge is 0.251 e. The van der Waals surface area contributed by atoms with E-state index in [-0.39, 0.29) is 37.0 Å². The number of nitrogens with zero attached hydrogens (tertiary/aromatic N) is 3. The van der Waals surface area contributed by atoms with Gasteiger partial charge in [0.05, 0.1) is 22.2 Å². The molecule has 1 heterocycles. The predicted octanol–water partition coefficient (Wildman–Crippen LogP) is 4.83. The van der Waals surface area contributed by atoms with Gasteiger partial charge < -0.3 is 10.2 Å². The van der Waals surface area contributed by atoms with Gasteiger partial charge in [0.15, 0.2) is 0 Å². The summed E-state index contributed by atoms with van der Waals surface area (Å²) in [7, 11) is 0. The fraction of sp³-hybridized carbons (Fsp3) is 0.120. The van der Waals surface area contributed by atoms with Crippen molar-refractivity contribution < 1.29 is 14.0 Å². The highest BCUT2D eigenvalue weighted by atomic mass is 35.5. The van der Waals surface area contributed by atoms with Crippen molar-refractivity contribution in [1.82, 2.24) is 5.32 Å². The summed E-state index contributed by atoms with van der Waals surface area (Å²) in [5, 5.41) is 5.52. The van der Waals surface area contributed by atoms with Crippen molar-refractivity contribution in [2.24, 2.45) is 9.98 Å². The van der Waals surface area contributed by atoms with E-state index in [9.17, 15) is 14.0 Å². The Hall–Kier alpha value is -3.71. The molecular formula is C25H18ClFN4O2S. The van der Waals surface area contributed by atoms with Crippen molar-refractivity contribution in [1.29, 1.82) is 0 Å². The molecule has 0 spiro atoms. The average molecular weight is 493 g/mol. The maximum absolute atomic E-state index is 14.5. The number of halogens is 2. The molecule has 6 nitrogen and oxygen atoms in total. The molecule has 0 aromatic heterocycles. The third-order valence-corrected chi connectivity index (χ3v) is 5.56. The first-order valence-corrected chi connectivity index (χ1v) is 11.1. The normalized spacial score (nSPS) is 12.8. The summed E-state index contributed by atoms with van der Waals surface area (Å²) >= 11 is 10.8. The number of benzene rings is 3. The summed E-state index contributed by atoms with van der Waals surface area (Å²) in [6.07, 6.45) is 0. The van der Waals surface area contributed by atoms with Gasteiger partial charge in [-0.3, -0.25) is 14.6 Å². The van der Waals surface area contributed by atoms with Crippen LogP contribution in [0.5, 0.6) is 0 Å². The van der Waals surface area contributed by atoms with Gasteiger partial charge in [-0.25, -0.2) is 4.39 Å². The van der Waals surface area contributed by atoms with Crippen LogP contribution in [0.25, 0.3) is 0 Å². The third-order valence-electron chi connectivity index (χ3n) is 5.23. The van der Waals surface area contributed by atoms with Gasteiger partial charge in [-0.05, 0) is 66.8 Å². The van der Waals surface area contributed by atoms with Crippen LogP contribution in [0.4, 0.5) is 15.8 Å². The number of benzodiazepines with no additional fused rings is 1. The van der Waals surface area contributed by atoms with Crippen molar-refractivity contribution in [3.63, 3.8) is 0 Å². The number of aliphatic imine (C=N–C) groups is 2. The van der Waals surface area contributed by atoms with Crippen LogP contribution in [0.3, 0.4) is 0 Å². The second-order valence-corrected chi connectivity index (χ2v) is 7.98. The van der Waals surface area contributed by atoms with Gasteiger partial charge in [0.25, 0.3) is 5.91 Å². The molecule has 3 aromatic rings. The standard InChI is InChI=1S/C25H18ClFN4O2S/c26-17-7-10-22-20(13-17)24(19-3-1-2-4-21(19)27)29-14-23(32)31(22)12-11-28-25(33)16-5-8-18(9-6-16)30-15-34/h1-10,13H,11-12,14H2,(H,28,33). The summed E-state index contributed by atoms with van der Waals surface area (Å²) in [6, 6.07) is 17.9. The molecule has 0 radical (unpaired) electrons. The van der Waals surface area contributed by atoms with E-state index in [2.05, 4.69) is 32.7 Å². The molecule has 2 amide bonds. The number of carbonyl (C=O) groups excluding carboxylic acids is 2. The summed E-state index contributed by atoms with van der Waals surface area (Å²) < 4.78 is 14.5. The molecule has 0 saturated carbocycles. The molecule has 1 aliphatic heterocycles. The number of anilines is 1. The van der Waals surface area contributed by atoms with E-state index in [1.165, 1.54) is 11.0 Å². The Bertz CT molecular complexity index is 1340. The molecule has 0 aliphatic carbocycles. The van der Waals surface area contributed by atoms with Gasteiger partial charge in [0.1, 0.15) is 12.4 Å². The zero-order valence-electron chi connectivity index (χ0n) is 17.8. The van der Waals surface area contributed by atoms with E-state index < -0.39 is 5.82 Å². The fourth-order valence-corrected chi connectivity index (χ4v) is 3.91. The summed E-state index contributed by atoms with van der Waals surface area (Å²) in [6.45, 7) is 0.236. The number of hydrogen-bond donors (Lipinski definition) is 1. The molecule has 170 valence electrons. The minimum atomic E-state index is -0.442. The maximum Gasteiger partial charge on any atom is 0.251 e. The zero-order valence-corrected chi connectivity index (χ0v) is 19.4. The largest absolute Gasteiger partial charge is 0.350 e. The first-order valence-electron chi connectivity index (χ1n) is 10.3. The van der Waals surface area contributed by atoms with Crippen LogP contribution < -0.4 is 10.2 Å². The monoisotopic (exact) mass is 492 g/mol. The molecule has 1 N–H and O–H groups in total. The number of amides is 2. The average Bonchev–Trinajstić information content (AvgIpc) is 2.96. The lowest BCUT2D eigenvalue weighted by Crippen LogP contribution is -2.39. The van der Waals surface area contributed by atoms with Crippen LogP contribution in [-0.2, 0) is 4.79 Å². The summed E-state index contributed by atoms with van der Waals surface area (Å²) in [4.78, 5) is 35.2. The molecule has 0 saturated heterocycles. The first kappa shape index (κ1) is 23.4. The zero-order chi connectivity index (χ0) is 24.1. The lowest BCUT2D eigenvalue weighted by molar-refractivity contribution is -0.117. The van der Waals surface area contributed by atoms with Gasteiger partial charge in [-0.2, -0.15) is 4.99 Å². The molecule has 0 bridgehead atoms. The summed E-state index contributed by atoms with van der Waals surface area (Å²) in [5.74, 6) is -1.01. The number of isothiocyanates is 1.